The third-order valence-electron chi connectivity index (χ3n) is 5.06. The second-order valence-electron chi connectivity index (χ2n) is 7.59. The van der Waals surface area contributed by atoms with Crippen molar-refractivity contribution in [3.05, 3.63) is 53.6 Å². The topological polar surface area (TPSA) is 142 Å². The molecule has 184 valence electrons. The van der Waals surface area contributed by atoms with Gasteiger partial charge in [0.25, 0.3) is 0 Å². The fourth-order valence-corrected chi connectivity index (χ4v) is 3.74. The number of alkyl halides is 3. The van der Waals surface area contributed by atoms with Gasteiger partial charge in [-0.2, -0.15) is 18.2 Å². The molecule has 3 N–H and O–H groups in total. The van der Waals surface area contributed by atoms with Crippen LogP contribution in [-0.2, 0) is 34.0 Å². The van der Waals surface area contributed by atoms with E-state index in [-0.39, 0.29) is 36.3 Å². The normalized spacial score (nSPS) is 13.2. The quantitative estimate of drug-likeness (QED) is 0.439. The van der Waals surface area contributed by atoms with E-state index in [0.29, 0.717) is 17.6 Å². The number of aromatic nitrogens is 4. The van der Waals surface area contributed by atoms with Crippen LogP contribution in [0, 0.1) is 0 Å². The van der Waals surface area contributed by atoms with Crippen molar-refractivity contribution in [2.45, 2.75) is 19.1 Å². The third-order valence-corrected chi connectivity index (χ3v) is 6.22. The maximum absolute atomic E-state index is 13.6. The van der Waals surface area contributed by atoms with Crippen LogP contribution in [0.2, 0.25) is 0 Å². The van der Waals surface area contributed by atoms with Gasteiger partial charge in [0, 0.05) is 37.0 Å². The van der Waals surface area contributed by atoms with Gasteiger partial charge in [-0.3, -0.25) is 14.1 Å². The summed E-state index contributed by atoms with van der Waals surface area (Å²) in [6.45, 7) is -0.298. The second kappa shape index (κ2) is 8.98. The van der Waals surface area contributed by atoms with Crippen molar-refractivity contribution in [1.82, 2.24) is 19.9 Å². The number of rotatable bonds is 7. The summed E-state index contributed by atoms with van der Waals surface area (Å²) in [4.78, 5) is 27.3. The number of sulfonamides is 1. The second-order valence-corrected chi connectivity index (χ2v) is 9.60. The summed E-state index contributed by atoms with van der Waals surface area (Å²) in [6.07, 6.45) is -0.346. The Morgan fingerprint density at radius 1 is 1.17 bits per heavy atom. The van der Waals surface area contributed by atoms with Crippen LogP contribution in [0.1, 0.15) is 16.8 Å². The van der Waals surface area contributed by atoms with Crippen molar-refractivity contribution < 1.29 is 26.4 Å². The van der Waals surface area contributed by atoms with Crippen LogP contribution in [0.4, 0.5) is 42.1 Å². The number of anilines is 5. The zero-order valence-corrected chi connectivity index (χ0v) is 19.2. The minimum absolute atomic E-state index is 0.0383. The monoisotopic (exact) mass is 508 g/mol. The zero-order chi connectivity index (χ0) is 25.4. The van der Waals surface area contributed by atoms with Gasteiger partial charge in [-0.05, 0) is 17.7 Å². The molecule has 15 heteroatoms. The molecule has 0 saturated carbocycles. The number of amides is 1. The third kappa shape index (κ3) is 5.40. The van der Waals surface area contributed by atoms with Crippen LogP contribution < -0.4 is 20.3 Å². The average molecular weight is 508 g/mol. The van der Waals surface area contributed by atoms with Gasteiger partial charge < -0.3 is 16.0 Å². The Hall–Kier alpha value is -4.01. The summed E-state index contributed by atoms with van der Waals surface area (Å²) in [6, 6.07) is 4.99. The summed E-state index contributed by atoms with van der Waals surface area (Å²) < 4.78 is 65.4. The maximum Gasteiger partial charge on any atom is 0.421 e. The van der Waals surface area contributed by atoms with Crippen molar-refractivity contribution in [1.29, 1.82) is 0 Å². The van der Waals surface area contributed by atoms with E-state index < -0.39 is 27.6 Å². The Morgan fingerprint density at radius 3 is 2.63 bits per heavy atom. The molecule has 35 heavy (non-hydrogen) atoms. The molecule has 0 spiro atoms. The molecule has 1 aliphatic rings. The Morgan fingerprint density at radius 2 is 1.91 bits per heavy atom. The summed E-state index contributed by atoms with van der Waals surface area (Å²) in [5.74, 6) is -0.858. The first-order chi connectivity index (χ1) is 16.4. The Balaban J connectivity index is 1.61. The lowest BCUT2D eigenvalue weighted by Gasteiger charge is -2.19. The van der Waals surface area contributed by atoms with Crippen LogP contribution in [0.5, 0.6) is 0 Å². The number of fused-ring (bicyclic) bond motifs is 1. The van der Waals surface area contributed by atoms with Crippen molar-refractivity contribution in [3.63, 3.8) is 0 Å². The maximum atomic E-state index is 13.6. The molecule has 0 unspecified atom stereocenters. The minimum Gasteiger partial charge on any atom is -0.364 e. The number of carbonyl (C=O) groups is 1. The van der Waals surface area contributed by atoms with Crippen LogP contribution in [-0.4, -0.2) is 47.6 Å². The molecule has 2 aromatic heterocycles. The fraction of sp³-hybridized carbons (Fsp3) is 0.250. The highest BCUT2D eigenvalue weighted by atomic mass is 32.2. The molecule has 0 radical (unpaired) electrons. The molecule has 0 saturated heterocycles. The number of carbonyl (C=O) groups excluding carboxylic acids is 1. The van der Waals surface area contributed by atoms with E-state index in [0.717, 1.165) is 16.1 Å². The highest BCUT2D eigenvalue weighted by Gasteiger charge is 2.35. The van der Waals surface area contributed by atoms with Crippen LogP contribution in [0.3, 0.4) is 0 Å². The number of benzene rings is 1. The van der Waals surface area contributed by atoms with Gasteiger partial charge in [-0.25, -0.2) is 18.4 Å². The minimum atomic E-state index is -4.76. The predicted octanol–water partition coefficient (Wildman–Crippen LogP) is 2.53. The molecule has 0 bridgehead atoms. The highest BCUT2D eigenvalue weighted by Crippen LogP contribution is 2.35. The first-order valence-electron chi connectivity index (χ1n) is 10.0. The van der Waals surface area contributed by atoms with Crippen molar-refractivity contribution >= 4 is 44.9 Å². The molecule has 0 fully saturated rings. The molecule has 1 aromatic carbocycles. The standard InChI is InChI=1S/C20H19F3N8O3S/c1-31(35(2,33)34)18-15(24-5-6-25-18)10-26-17-13(20(21,22)23)9-27-19(30-17)28-12-4-3-11-7-16(32)29-14(11)8-12/h3-6,8-9H,7,10H2,1-2H3,(H,29,32)(H2,26,27,28,30). The molecule has 3 heterocycles. The van der Waals surface area contributed by atoms with Gasteiger partial charge in [0.1, 0.15) is 17.1 Å². The molecule has 1 amide bonds. The molecule has 4 rings (SSSR count). The zero-order valence-electron chi connectivity index (χ0n) is 18.4. The molecule has 1 aliphatic heterocycles. The number of nitrogens with one attached hydrogen (secondary N) is 3. The molecule has 0 aliphatic carbocycles. The first-order valence-corrected chi connectivity index (χ1v) is 11.9. The highest BCUT2D eigenvalue weighted by molar-refractivity contribution is 7.92. The van der Waals surface area contributed by atoms with Gasteiger partial charge in [-0.15, -0.1) is 0 Å². The summed E-state index contributed by atoms with van der Waals surface area (Å²) in [5, 5.41) is 8.07. The average Bonchev–Trinajstić information content (AvgIpc) is 3.15. The van der Waals surface area contributed by atoms with Crippen LogP contribution in [0.25, 0.3) is 0 Å². The van der Waals surface area contributed by atoms with Gasteiger partial charge >= 0.3 is 6.18 Å². The number of hydrogen-bond donors (Lipinski definition) is 3. The molecule has 3 aromatic rings. The lowest BCUT2D eigenvalue weighted by Crippen LogP contribution is -2.27. The van der Waals surface area contributed by atoms with Gasteiger partial charge in [0.05, 0.1) is 19.2 Å². The van der Waals surface area contributed by atoms with Crippen LogP contribution >= 0.6 is 0 Å². The summed E-state index contributed by atoms with van der Waals surface area (Å²) in [5.41, 5.74) is 0.829. The summed E-state index contributed by atoms with van der Waals surface area (Å²) in [7, 11) is -2.42. The van der Waals surface area contributed by atoms with Crippen molar-refractivity contribution in [2.75, 3.05) is 33.6 Å². The summed E-state index contributed by atoms with van der Waals surface area (Å²) >= 11 is 0. The van der Waals surface area contributed by atoms with E-state index in [1.807, 2.05) is 0 Å². The van der Waals surface area contributed by atoms with E-state index in [1.54, 1.807) is 18.2 Å². The lowest BCUT2D eigenvalue weighted by molar-refractivity contribution is -0.137. The Bertz CT molecular complexity index is 1400. The Kier molecular flexibility index (Phi) is 6.19. The van der Waals surface area contributed by atoms with Gasteiger partial charge in [0.2, 0.25) is 21.9 Å². The van der Waals surface area contributed by atoms with Crippen molar-refractivity contribution in [2.24, 2.45) is 0 Å². The number of halogens is 3. The molecule has 11 nitrogen and oxygen atoms in total. The molecular weight excluding hydrogens is 489 g/mol. The number of nitrogens with zero attached hydrogens (tertiary/aromatic N) is 5. The first kappa shape index (κ1) is 24.1. The Labute approximate surface area is 197 Å². The van der Waals surface area contributed by atoms with E-state index in [4.69, 9.17) is 0 Å². The van der Waals surface area contributed by atoms with E-state index in [2.05, 4.69) is 35.9 Å². The van der Waals surface area contributed by atoms with E-state index in [1.165, 1.54) is 19.4 Å². The lowest BCUT2D eigenvalue weighted by atomic mass is 10.1. The molecular formula is C20H19F3N8O3S. The largest absolute Gasteiger partial charge is 0.421 e. The van der Waals surface area contributed by atoms with Gasteiger partial charge in [0.15, 0.2) is 5.82 Å². The van der Waals surface area contributed by atoms with Crippen LogP contribution in [0.15, 0.2) is 36.8 Å². The smallest absolute Gasteiger partial charge is 0.364 e. The van der Waals surface area contributed by atoms with E-state index >= 15 is 0 Å². The number of hydrogen-bond acceptors (Lipinski definition) is 9. The van der Waals surface area contributed by atoms with E-state index in [9.17, 15) is 26.4 Å². The molecule has 0 atom stereocenters. The fourth-order valence-electron chi connectivity index (χ4n) is 3.28. The van der Waals surface area contributed by atoms with Gasteiger partial charge in [-0.1, -0.05) is 6.07 Å². The predicted molar refractivity (Wildman–Crippen MR) is 122 cm³/mol. The van der Waals surface area contributed by atoms with Crippen molar-refractivity contribution in [3.8, 4) is 0 Å². The SMILES string of the molecule is CN(c1nccnc1CNc1nc(Nc2ccc3c(c2)NC(=O)C3)ncc1C(F)(F)F)S(C)(=O)=O.